The maximum atomic E-state index is 10.9. The normalized spacial score (nSPS) is 25.5. The van der Waals surface area contributed by atoms with E-state index in [-0.39, 0.29) is 12.2 Å². The number of nitrogens with one attached hydrogen (secondary N) is 1. The zero-order valence-electron chi connectivity index (χ0n) is 8.08. The zero-order valence-corrected chi connectivity index (χ0v) is 8.08. The lowest BCUT2D eigenvalue weighted by atomic mass is 10.0. The summed E-state index contributed by atoms with van der Waals surface area (Å²) in [5, 5.41) is 2.47. The van der Waals surface area contributed by atoms with Crippen LogP contribution in [-0.4, -0.2) is 19.2 Å². The molecule has 0 fully saturated rings. The van der Waals surface area contributed by atoms with Crippen molar-refractivity contribution in [1.29, 1.82) is 0 Å². The van der Waals surface area contributed by atoms with Gasteiger partial charge in [-0.25, -0.2) is 4.79 Å². The predicted molar refractivity (Wildman–Crippen MR) is 51.6 cm³/mol. The Labute approximate surface area is 79.2 Å². The van der Waals surface area contributed by atoms with Crippen molar-refractivity contribution in [3.63, 3.8) is 0 Å². The van der Waals surface area contributed by atoms with Crippen molar-refractivity contribution in [2.75, 3.05) is 7.05 Å². The molecule has 1 unspecified atom stereocenters. The molecule has 0 aromatic rings. The number of rotatable bonds is 1. The van der Waals surface area contributed by atoms with Gasteiger partial charge in [0, 0.05) is 7.05 Å². The monoisotopic (exact) mass is 183 g/mol. The van der Waals surface area contributed by atoms with E-state index in [1.807, 2.05) is 0 Å². The number of hydrogen-bond donors (Lipinski definition) is 1. The molecular formula is C10H17NO2. The first kappa shape index (κ1) is 10.1. The third-order valence-electron chi connectivity index (χ3n) is 2.20. The van der Waals surface area contributed by atoms with Crippen LogP contribution in [0.25, 0.3) is 0 Å². The summed E-state index contributed by atoms with van der Waals surface area (Å²) in [5.74, 6) is 0. The molecule has 0 aliphatic heterocycles. The van der Waals surface area contributed by atoms with Crippen LogP contribution in [0.4, 0.5) is 4.79 Å². The van der Waals surface area contributed by atoms with Gasteiger partial charge in [-0.3, -0.25) is 0 Å². The average molecular weight is 183 g/mol. The van der Waals surface area contributed by atoms with E-state index in [9.17, 15) is 4.79 Å². The van der Waals surface area contributed by atoms with Crippen LogP contribution < -0.4 is 5.32 Å². The lowest BCUT2D eigenvalue weighted by molar-refractivity contribution is 0.0881. The predicted octanol–water partition coefficient (Wildman–Crippen LogP) is 2.23. The number of allylic oxidation sites excluding steroid dienone is 2. The minimum atomic E-state index is -0.311. The van der Waals surface area contributed by atoms with E-state index < -0.39 is 0 Å². The van der Waals surface area contributed by atoms with Gasteiger partial charge in [0.05, 0.1) is 0 Å². The van der Waals surface area contributed by atoms with Gasteiger partial charge in [-0.1, -0.05) is 12.2 Å². The minimum Gasteiger partial charge on any atom is -0.446 e. The molecule has 0 radical (unpaired) electrons. The van der Waals surface area contributed by atoms with Crippen LogP contribution in [-0.2, 0) is 4.74 Å². The molecule has 0 aromatic carbocycles. The Morgan fingerprint density at radius 1 is 1.38 bits per heavy atom. The van der Waals surface area contributed by atoms with Crippen LogP contribution >= 0.6 is 0 Å². The summed E-state index contributed by atoms with van der Waals surface area (Å²) in [6.07, 6.45) is 9.32. The summed E-state index contributed by atoms with van der Waals surface area (Å²) in [4.78, 5) is 10.9. The third-order valence-corrected chi connectivity index (χ3v) is 2.20. The number of amides is 1. The SMILES string of the molecule is CNC(=O)OC1CC/C=C/CCC1. The van der Waals surface area contributed by atoms with E-state index in [1.165, 1.54) is 0 Å². The first-order valence-electron chi connectivity index (χ1n) is 4.86. The summed E-state index contributed by atoms with van der Waals surface area (Å²) >= 11 is 0. The Kier molecular flexibility index (Phi) is 4.36. The standard InChI is InChI=1S/C10H17NO2/c1-11-10(12)13-9-7-5-3-2-4-6-8-9/h2-3,9H,4-8H2,1H3,(H,11,12)/b3-2+. The number of hydrogen-bond acceptors (Lipinski definition) is 2. The van der Waals surface area contributed by atoms with Crippen LogP contribution in [0.15, 0.2) is 12.2 Å². The number of carbonyl (C=O) groups excluding carboxylic acids is 1. The summed E-state index contributed by atoms with van der Waals surface area (Å²) in [5.41, 5.74) is 0. The van der Waals surface area contributed by atoms with Gasteiger partial charge < -0.3 is 10.1 Å². The molecule has 0 saturated heterocycles. The topological polar surface area (TPSA) is 38.3 Å². The number of ether oxygens (including phenoxy) is 1. The van der Waals surface area contributed by atoms with Crippen molar-refractivity contribution in [3.8, 4) is 0 Å². The van der Waals surface area contributed by atoms with Crippen molar-refractivity contribution < 1.29 is 9.53 Å². The largest absolute Gasteiger partial charge is 0.446 e. The van der Waals surface area contributed by atoms with Gasteiger partial charge in [-0.15, -0.1) is 0 Å². The highest BCUT2D eigenvalue weighted by molar-refractivity contribution is 5.66. The van der Waals surface area contributed by atoms with Crippen LogP contribution in [0.3, 0.4) is 0 Å². The van der Waals surface area contributed by atoms with Crippen LogP contribution in [0.1, 0.15) is 32.1 Å². The molecular weight excluding hydrogens is 166 g/mol. The maximum Gasteiger partial charge on any atom is 0.407 e. The average Bonchev–Trinajstić information content (AvgIpc) is 2.09. The van der Waals surface area contributed by atoms with Gasteiger partial charge >= 0.3 is 6.09 Å². The van der Waals surface area contributed by atoms with Crippen molar-refractivity contribution in [3.05, 3.63) is 12.2 Å². The van der Waals surface area contributed by atoms with Gasteiger partial charge in [0.2, 0.25) is 0 Å². The number of carbonyl (C=O) groups is 1. The molecule has 13 heavy (non-hydrogen) atoms. The molecule has 1 amide bonds. The zero-order chi connectivity index (χ0) is 9.52. The summed E-state index contributed by atoms with van der Waals surface area (Å²) in [7, 11) is 1.59. The van der Waals surface area contributed by atoms with E-state index in [4.69, 9.17) is 4.74 Å². The Hall–Kier alpha value is -0.990. The lowest BCUT2D eigenvalue weighted by Gasteiger charge is -2.17. The second-order valence-corrected chi connectivity index (χ2v) is 3.26. The Morgan fingerprint density at radius 3 is 2.92 bits per heavy atom. The van der Waals surface area contributed by atoms with Crippen molar-refractivity contribution in [2.24, 2.45) is 0 Å². The molecule has 1 N–H and O–H groups in total. The Bertz CT molecular complexity index is 189. The van der Waals surface area contributed by atoms with Gasteiger partial charge in [0.1, 0.15) is 6.10 Å². The van der Waals surface area contributed by atoms with Crippen LogP contribution in [0.2, 0.25) is 0 Å². The van der Waals surface area contributed by atoms with Gasteiger partial charge in [-0.2, -0.15) is 0 Å². The Morgan fingerprint density at radius 2 is 2.15 bits per heavy atom. The summed E-state index contributed by atoms with van der Waals surface area (Å²) in [6, 6.07) is 0. The molecule has 0 aromatic heterocycles. The molecule has 0 saturated carbocycles. The Balaban J connectivity index is 2.31. The third kappa shape index (κ3) is 3.97. The lowest BCUT2D eigenvalue weighted by Crippen LogP contribution is -2.26. The van der Waals surface area contributed by atoms with E-state index in [0.29, 0.717) is 0 Å². The van der Waals surface area contributed by atoms with Gasteiger partial charge in [0.25, 0.3) is 0 Å². The van der Waals surface area contributed by atoms with Crippen molar-refractivity contribution in [1.82, 2.24) is 5.32 Å². The fraction of sp³-hybridized carbons (Fsp3) is 0.700. The molecule has 0 bridgehead atoms. The second kappa shape index (κ2) is 5.62. The van der Waals surface area contributed by atoms with Gasteiger partial charge in [0.15, 0.2) is 0 Å². The minimum absolute atomic E-state index is 0.102. The number of alkyl carbamates (subject to hydrolysis) is 1. The summed E-state index contributed by atoms with van der Waals surface area (Å²) in [6.45, 7) is 0. The molecule has 74 valence electrons. The molecule has 3 nitrogen and oxygen atoms in total. The van der Waals surface area contributed by atoms with E-state index in [2.05, 4.69) is 17.5 Å². The highest BCUT2D eigenvalue weighted by atomic mass is 16.6. The van der Waals surface area contributed by atoms with E-state index in [0.717, 1.165) is 32.1 Å². The van der Waals surface area contributed by atoms with Crippen LogP contribution in [0.5, 0.6) is 0 Å². The first-order valence-corrected chi connectivity index (χ1v) is 4.86. The molecule has 1 rings (SSSR count). The van der Waals surface area contributed by atoms with E-state index >= 15 is 0 Å². The fourth-order valence-electron chi connectivity index (χ4n) is 1.45. The second-order valence-electron chi connectivity index (χ2n) is 3.26. The molecule has 1 aliphatic carbocycles. The highest BCUT2D eigenvalue weighted by Gasteiger charge is 2.12. The molecule has 1 aliphatic rings. The quantitative estimate of drug-likeness (QED) is 0.633. The summed E-state index contributed by atoms with van der Waals surface area (Å²) < 4.78 is 5.19. The molecule has 0 spiro atoms. The van der Waals surface area contributed by atoms with Crippen molar-refractivity contribution >= 4 is 6.09 Å². The van der Waals surface area contributed by atoms with E-state index in [1.54, 1.807) is 7.05 Å². The fourth-order valence-corrected chi connectivity index (χ4v) is 1.45. The van der Waals surface area contributed by atoms with Gasteiger partial charge in [-0.05, 0) is 32.1 Å². The maximum absolute atomic E-state index is 10.9. The molecule has 1 atom stereocenters. The molecule has 3 heteroatoms. The first-order chi connectivity index (χ1) is 6.33. The van der Waals surface area contributed by atoms with Crippen molar-refractivity contribution in [2.45, 2.75) is 38.2 Å². The molecule has 0 heterocycles. The van der Waals surface area contributed by atoms with Crippen LogP contribution in [0, 0.1) is 0 Å². The highest BCUT2D eigenvalue weighted by Crippen LogP contribution is 2.15. The smallest absolute Gasteiger partial charge is 0.407 e.